The van der Waals surface area contributed by atoms with Crippen LogP contribution in [-0.2, 0) is 4.79 Å². The third kappa shape index (κ3) is 5.28. The average Bonchev–Trinajstić information content (AvgIpc) is 3.30. The molecule has 0 bridgehead atoms. The Morgan fingerprint density at radius 2 is 1.97 bits per heavy atom. The van der Waals surface area contributed by atoms with Crippen molar-refractivity contribution in [3.8, 4) is 11.1 Å². The number of rotatable bonds is 7. The van der Waals surface area contributed by atoms with Crippen molar-refractivity contribution in [2.24, 2.45) is 0 Å². The van der Waals surface area contributed by atoms with Crippen molar-refractivity contribution in [1.29, 1.82) is 0 Å². The Bertz CT molecular complexity index is 986. The van der Waals surface area contributed by atoms with Crippen LogP contribution in [0.5, 0.6) is 0 Å². The first-order chi connectivity index (χ1) is 15.1. The maximum absolute atomic E-state index is 12.9. The van der Waals surface area contributed by atoms with Crippen molar-refractivity contribution >= 4 is 23.2 Å². The van der Waals surface area contributed by atoms with Crippen molar-refractivity contribution in [2.75, 3.05) is 31.6 Å². The largest absolute Gasteiger partial charge is 0.375 e. The van der Waals surface area contributed by atoms with Gasteiger partial charge < -0.3 is 9.80 Å². The zero-order chi connectivity index (χ0) is 21.6. The van der Waals surface area contributed by atoms with Gasteiger partial charge in [-0.05, 0) is 49.1 Å². The number of amides is 1. The Hall–Kier alpha value is -2.79. The van der Waals surface area contributed by atoms with E-state index in [4.69, 9.17) is 11.6 Å². The van der Waals surface area contributed by atoms with E-state index in [9.17, 15) is 4.79 Å². The van der Waals surface area contributed by atoms with Crippen molar-refractivity contribution in [3.63, 3.8) is 0 Å². The van der Waals surface area contributed by atoms with Crippen LogP contribution in [0.25, 0.3) is 11.1 Å². The van der Waals surface area contributed by atoms with E-state index in [0.29, 0.717) is 6.42 Å². The summed E-state index contributed by atoms with van der Waals surface area (Å²) in [6, 6.07) is 18.1. The molecular formula is C25H29ClN4O. The molecule has 31 heavy (non-hydrogen) atoms. The number of hydrogen-bond acceptors (Lipinski definition) is 3. The number of H-pyrrole nitrogens is 1. The quantitative estimate of drug-likeness (QED) is 0.543. The van der Waals surface area contributed by atoms with Crippen LogP contribution in [0.4, 0.5) is 5.69 Å². The number of nitrogens with one attached hydrogen (secondary N) is 1. The number of benzene rings is 2. The molecule has 1 fully saturated rings. The number of aromatic amines is 1. The van der Waals surface area contributed by atoms with Gasteiger partial charge in [0.25, 0.3) is 0 Å². The fraction of sp³-hybridized carbons (Fsp3) is 0.360. The van der Waals surface area contributed by atoms with Gasteiger partial charge in [0.1, 0.15) is 0 Å². The second-order valence-electron chi connectivity index (χ2n) is 8.24. The first-order valence-electron chi connectivity index (χ1n) is 10.9. The summed E-state index contributed by atoms with van der Waals surface area (Å²) in [4.78, 5) is 17.1. The molecular weight excluding hydrogens is 408 g/mol. The molecule has 0 unspecified atom stereocenters. The van der Waals surface area contributed by atoms with Gasteiger partial charge in [-0.25, -0.2) is 0 Å². The van der Waals surface area contributed by atoms with Gasteiger partial charge in [-0.15, -0.1) is 0 Å². The maximum atomic E-state index is 12.9. The highest BCUT2D eigenvalue weighted by atomic mass is 35.5. The molecule has 1 aliphatic rings. The lowest BCUT2D eigenvalue weighted by Crippen LogP contribution is -2.39. The molecule has 1 aliphatic heterocycles. The van der Waals surface area contributed by atoms with E-state index in [1.807, 2.05) is 53.6 Å². The highest BCUT2D eigenvalue weighted by Crippen LogP contribution is 2.33. The number of carbonyl (C=O) groups excluding carboxylic acids is 1. The lowest BCUT2D eigenvalue weighted by Gasteiger charge is -2.33. The second kappa shape index (κ2) is 10.0. The van der Waals surface area contributed by atoms with Crippen LogP contribution in [0, 0.1) is 0 Å². The van der Waals surface area contributed by atoms with Crippen LogP contribution in [-0.4, -0.2) is 47.7 Å². The zero-order valence-electron chi connectivity index (χ0n) is 17.9. The third-order valence-electron chi connectivity index (χ3n) is 6.09. The van der Waals surface area contributed by atoms with Gasteiger partial charge >= 0.3 is 0 Å². The number of aromatic nitrogens is 2. The molecule has 0 spiro atoms. The summed E-state index contributed by atoms with van der Waals surface area (Å²) >= 11 is 6.04. The minimum atomic E-state index is 0.249. The Kier molecular flexibility index (Phi) is 6.92. The molecule has 1 saturated heterocycles. The number of nitrogens with zero attached hydrogens (tertiary/aromatic N) is 3. The Balaban J connectivity index is 1.34. The summed E-state index contributed by atoms with van der Waals surface area (Å²) in [5, 5.41) is 8.22. The number of hydrogen-bond donors (Lipinski definition) is 1. The zero-order valence-corrected chi connectivity index (χ0v) is 18.7. The van der Waals surface area contributed by atoms with Crippen LogP contribution in [0.15, 0.2) is 60.8 Å². The third-order valence-corrected chi connectivity index (χ3v) is 6.34. The van der Waals surface area contributed by atoms with Crippen molar-refractivity contribution in [3.05, 3.63) is 71.5 Å². The van der Waals surface area contributed by atoms with Crippen molar-refractivity contribution < 1.29 is 4.79 Å². The molecule has 2 heterocycles. The van der Waals surface area contributed by atoms with Gasteiger partial charge in [-0.2, -0.15) is 5.10 Å². The molecule has 1 atom stereocenters. The summed E-state index contributed by atoms with van der Waals surface area (Å²) in [5.41, 5.74) is 4.49. The van der Waals surface area contributed by atoms with Gasteiger partial charge in [0, 0.05) is 61.0 Å². The van der Waals surface area contributed by atoms with Crippen LogP contribution >= 0.6 is 11.6 Å². The first kappa shape index (κ1) is 21.4. The topological polar surface area (TPSA) is 52.2 Å². The normalized spacial score (nSPS) is 16.3. The second-order valence-corrected chi connectivity index (χ2v) is 8.68. The van der Waals surface area contributed by atoms with Gasteiger partial charge in [0.2, 0.25) is 5.91 Å². The predicted octanol–water partition coefficient (Wildman–Crippen LogP) is 5.35. The fourth-order valence-corrected chi connectivity index (χ4v) is 4.47. The van der Waals surface area contributed by atoms with E-state index < -0.39 is 0 Å². The number of halogens is 1. The number of para-hydroxylation sites is 1. The molecule has 2 aromatic carbocycles. The maximum Gasteiger partial charge on any atom is 0.222 e. The molecule has 0 aliphatic carbocycles. The molecule has 5 nitrogen and oxygen atoms in total. The molecule has 1 aromatic heterocycles. The van der Waals surface area contributed by atoms with Crippen LogP contribution in [0.1, 0.15) is 37.3 Å². The molecule has 4 rings (SSSR count). The van der Waals surface area contributed by atoms with Gasteiger partial charge in [-0.1, -0.05) is 41.9 Å². The lowest BCUT2D eigenvalue weighted by atomic mass is 9.90. The van der Waals surface area contributed by atoms with E-state index in [-0.39, 0.29) is 11.8 Å². The Morgan fingerprint density at radius 1 is 1.19 bits per heavy atom. The Labute approximate surface area is 189 Å². The van der Waals surface area contributed by atoms with E-state index in [0.717, 1.165) is 60.7 Å². The summed E-state index contributed by atoms with van der Waals surface area (Å²) < 4.78 is 0. The molecule has 1 amide bonds. The van der Waals surface area contributed by atoms with Crippen LogP contribution < -0.4 is 4.90 Å². The van der Waals surface area contributed by atoms with E-state index in [1.165, 1.54) is 5.69 Å². The SMILES string of the molecule is CN(CCCC(=O)N1CCC[C@H](c2[nH]ncc2-c2ccc(Cl)cc2)C1)c1ccccc1. The molecule has 1 N–H and O–H groups in total. The molecule has 162 valence electrons. The molecule has 3 aromatic rings. The highest BCUT2D eigenvalue weighted by Gasteiger charge is 2.27. The van der Waals surface area contributed by atoms with Crippen LogP contribution in [0.3, 0.4) is 0 Å². The van der Waals surface area contributed by atoms with Crippen LogP contribution in [0.2, 0.25) is 5.02 Å². The number of carbonyl (C=O) groups is 1. The van der Waals surface area contributed by atoms with Gasteiger partial charge in [-0.3, -0.25) is 9.89 Å². The minimum Gasteiger partial charge on any atom is -0.375 e. The average molecular weight is 437 g/mol. The number of anilines is 1. The summed E-state index contributed by atoms with van der Waals surface area (Å²) in [6.07, 6.45) is 5.38. The van der Waals surface area contributed by atoms with E-state index >= 15 is 0 Å². The number of likely N-dealkylation sites (tertiary alicyclic amines) is 1. The van der Waals surface area contributed by atoms with Crippen molar-refractivity contribution in [1.82, 2.24) is 15.1 Å². The fourth-order valence-electron chi connectivity index (χ4n) is 4.34. The molecule has 0 radical (unpaired) electrons. The van der Waals surface area contributed by atoms with Gasteiger partial charge in [0.15, 0.2) is 0 Å². The highest BCUT2D eigenvalue weighted by molar-refractivity contribution is 6.30. The smallest absolute Gasteiger partial charge is 0.222 e. The van der Waals surface area contributed by atoms with Crippen molar-refractivity contribution in [2.45, 2.75) is 31.6 Å². The Morgan fingerprint density at radius 3 is 2.74 bits per heavy atom. The summed E-state index contributed by atoms with van der Waals surface area (Å²) in [6.45, 7) is 2.46. The predicted molar refractivity (Wildman–Crippen MR) is 127 cm³/mol. The summed E-state index contributed by atoms with van der Waals surface area (Å²) in [7, 11) is 2.08. The van der Waals surface area contributed by atoms with Gasteiger partial charge in [0.05, 0.1) is 6.20 Å². The monoisotopic (exact) mass is 436 g/mol. The molecule has 6 heteroatoms. The lowest BCUT2D eigenvalue weighted by molar-refractivity contribution is -0.132. The molecule has 0 saturated carbocycles. The van der Waals surface area contributed by atoms with E-state index in [2.05, 4.69) is 34.3 Å². The van der Waals surface area contributed by atoms with E-state index in [1.54, 1.807) is 0 Å². The minimum absolute atomic E-state index is 0.249. The standard InChI is InChI=1S/C25H29ClN4O/c1-29(22-8-3-2-4-9-22)15-6-10-24(31)30-16-5-7-20(18-30)25-23(17-27-28-25)19-11-13-21(26)14-12-19/h2-4,8-9,11-14,17,20H,5-7,10,15-16,18H2,1H3,(H,27,28)/t20-/m0/s1. The first-order valence-corrected chi connectivity index (χ1v) is 11.3. The summed E-state index contributed by atoms with van der Waals surface area (Å²) in [5.74, 6) is 0.525. The number of piperidine rings is 1.